The van der Waals surface area contributed by atoms with Crippen LogP contribution in [0.3, 0.4) is 0 Å². The summed E-state index contributed by atoms with van der Waals surface area (Å²) in [4.78, 5) is 14.8. The smallest absolute Gasteiger partial charge is 0.290 e. The van der Waals surface area contributed by atoms with Gasteiger partial charge in [-0.2, -0.15) is 0 Å². The first kappa shape index (κ1) is 22.2. The van der Waals surface area contributed by atoms with E-state index in [-0.39, 0.29) is 18.1 Å². The van der Waals surface area contributed by atoms with Gasteiger partial charge in [-0.1, -0.05) is 24.3 Å². The minimum absolute atomic E-state index is 0.164. The molecule has 1 atom stereocenters. The molecule has 0 radical (unpaired) electrons. The van der Waals surface area contributed by atoms with Crippen molar-refractivity contribution in [1.82, 2.24) is 4.90 Å². The van der Waals surface area contributed by atoms with E-state index in [4.69, 9.17) is 14.2 Å². The van der Waals surface area contributed by atoms with Crippen molar-refractivity contribution in [2.24, 2.45) is 0 Å². The van der Waals surface area contributed by atoms with Crippen molar-refractivity contribution in [3.05, 3.63) is 95.0 Å². The fourth-order valence-electron chi connectivity index (χ4n) is 4.04. The van der Waals surface area contributed by atoms with E-state index in [0.717, 1.165) is 5.56 Å². The Hall–Kier alpha value is -4.00. The molecule has 33 heavy (non-hydrogen) atoms. The topological polar surface area (TPSA) is 68.2 Å². The molecule has 0 saturated carbocycles. The van der Waals surface area contributed by atoms with E-state index in [9.17, 15) is 14.3 Å². The number of ether oxygens (including phenoxy) is 3. The molecule has 0 bridgehead atoms. The van der Waals surface area contributed by atoms with Crippen molar-refractivity contribution < 1.29 is 28.5 Å². The molecule has 3 aromatic carbocycles. The third-order valence-corrected chi connectivity index (χ3v) is 5.73. The minimum Gasteiger partial charge on any atom is -0.503 e. The Morgan fingerprint density at radius 2 is 1.52 bits per heavy atom. The number of methoxy groups -OCH3 is 3. The zero-order chi connectivity index (χ0) is 23.5. The lowest BCUT2D eigenvalue weighted by Crippen LogP contribution is -2.30. The van der Waals surface area contributed by atoms with Gasteiger partial charge < -0.3 is 24.2 Å². The van der Waals surface area contributed by atoms with E-state index in [1.54, 1.807) is 74.8 Å². The van der Waals surface area contributed by atoms with Crippen LogP contribution in [0.4, 0.5) is 4.39 Å². The van der Waals surface area contributed by atoms with Crippen molar-refractivity contribution in [3.63, 3.8) is 0 Å². The van der Waals surface area contributed by atoms with Crippen LogP contribution >= 0.6 is 0 Å². The molecule has 1 amide bonds. The Labute approximate surface area is 191 Å². The van der Waals surface area contributed by atoms with Crippen molar-refractivity contribution in [2.75, 3.05) is 21.3 Å². The highest BCUT2D eigenvalue weighted by Gasteiger charge is 2.41. The molecule has 0 saturated heterocycles. The second kappa shape index (κ2) is 9.24. The largest absolute Gasteiger partial charge is 0.503 e. The molecule has 3 aromatic rings. The molecule has 0 aromatic heterocycles. The number of nitrogens with zero attached hydrogens (tertiary/aromatic N) is 1. The Morgan fingerprint density at radius 3 is 2.12 bits per heavy atom. The number of carbonyl (C=O) groups excluding carboxylic acids is 1. The van der Waals surface area contributed by atoms with Crippen LogP contribution in [0.15, 0.2) is 72.5 Å². The van der Waals surface area contributed by atoms with Gasteiger partial charge in [0.1, 0.15) is 23.1 Å². The Balaban J connectivity index is 1.79. The monoisotopic (exact) mass is 449 g/mol. The van der Waals surface area contributed by atoms with Crippen LogP contribution in [0.25, 0.3) is 5.57 Å². The van der Waals surface area contributed by atoms with Crippen molar-refractivity contribution in [2.45, 2.75) is 12.6 Å². The highest BCUT2D eigenvalue weighted by molar-refractivity contribution is 6.05. The summed E-state index contributed by atoms with van der Waals surface area (Å²) >= 11 is 0. The van der Waals surface area contributed by atoms with Gasteiger partial charge >= 0.3 is 0 Å². The van der Waals surface area contributed by atoms with Gasteiger partial charge in [-0.25, -0.2) is 4.39 Å². The Kier molecular flexibility index (Phi) is 6.22. The molecule has 0 aliphatic carbocycles. The number of aliphatic hydroxyl groups is 1. The number of rotatable bonds is 7. The summed E-state index contributed by atoms with van der Waals surface area (Å²) < 4.78 is 29.6. The van der Waals surface area contributed by atoms with Gasteiger partial charge in [0.2, 0.25) is 0 Å². The zero-order valence-electron chi connectivity index (χ0n) is 18.5. The molecule has 1 heterocycles. The second-order valence-corrected chi connectivity index (χ2v) is 7.56. The maximum Gasteiger partial charge on any atom is 0.290 e. The van der Waals surface area contributed by atoms with Crippen LogP contribution < -0.4 is 14.2 Å². The van der Waals surface area contributed by atoms with Crippen molar-refractivity contribution in [1.29, 1.82) is 0 Å². The van der Waals surface area contributed by atoms with E-state index in [1.165, 1.54) is 12.1 Å². The lowest BCUT2D eigenvalue weighted by atomic mass is 9.93. The molecule has 0 fully saturated rings. The fraction of sp³-hybridized carbons (Fsp3) is 0.192. The maximum absolute atomic E-state index is 13.7. The first-order valence-corrected chi connectivity index (χ1v) is 10.3. The first-order valence-electron chi connectivity index (χ1n) is 10.3. The maximum atomic E-state index is 13.7. The second-order valence-electron chi connectivity index (χ2n) is 7.56. The fourth-order valence-corrected chi connectivity index (χ4v) is 4.04. The number of benzene rings is 3. The predicted molar refractivity (Wildman–Crippen MR) is 122 cm³/mol. The van der Waals surface area contributed by atoms with Gasteiger partial charge in [-0.3, -0.25) is 4.79 Å². The molecule has 6 nitrogen and oxygen atoms in total. The first-order chi connectivity index (χ1) is 16.0. The van der Waals surface area contributed by atoms with Gasteiger partial charge in [0, 0.05) is 17.2 Å². The summed E-state index contributed by atoms with van der Waals surface area (Å²) in [5.41, 5.74) is 2.52. The van der Waals surface area contributed by atoms with E-state index in [0.29, 0.717) is 33.9 Å². The summed E-state index contributed by atoms with van der Waals surface area (Å²) in [5.74, 6) is 0.581. The Bertz CT molecular complexity index is 1190. The third kappa shape index (κ3) is 4.22. The highest BCUT2D eigenvalue weighted by Crippen LogP contribution is 2.44. The van der Waals surface area contributed by atoms with Crippen LogP contribution in [-0.2, 0) is 11.3 Å². The van der Waals surface area contributed by atoms with Crippen molar-refractivity contribution >= 4 is 11.5 Å². The van der Waals surface area contributed by atoms with E-state index in [1.807, 2.05) is 6.07 Å². The molecular weight excluding hydrogens is 425 g/mol. The number of carbonyl (C=O) groups is 1. The lowest BCUT2D eigenvalue weighted by Gasteiger charge is -2.28. The molecule has 7 heteroatoms. The molecule has 0 unspecified atom stereocenters. The molecular formula is C26H24FNO5. The van der Waals surface area contributed by atoms with E-state index in [2.05, 4.69) is 0 Å². The molecule has 0 spiro atoms. The molecule has 1 aliphatic heterocycles. The normalized spacial score (nSPS) is 15.7. The Morgan fingerprint density at radius 1 is 0.879 bits per heavy atom. The number of hydrogen-bond donors (Lipinski definition) is 1. The summed E-state index contributed by atoms with van der Waals surface area (Å²) in [6, 6.07) is 17.7. The van der Waals surface area contributed by atoms with Crippen LogP contribution in [0.1, 0.15) is 22.7 Å². The minimum atomic E-state index is -0.627. The number of halogens is 1. The van der Waals surface area contributed by atoms with Gasteiger partial charge in [0.05, 0.1) is 33.9 Å². The lowest BCUT2D eigenvalue weighted by molar-refractivity contribution is -0.130. The van der Waals surface area contributed by atoms with Gasteiger partial charge in [-0.15, -0.1) is 0 Å². The van der Waals surface area contributed by atoms with E-state index >= 15 is 0 Å². The van der Waals surface area contributed by atoms with Gasteiger partial charge in [0.15, 0.2) is 5.76 Å². The average Bonchev–Trinajstić information content (AvgIpc) is 3.09. The van der Waals surface area contributed by atoms with Crippen LogP contribution in [0.5, 0.6) is 17.2 Å². The zero-order valence-corrected chi connectivity index (χ0v) is 18.5. The molecule has 170 valence electrons. The summed E-state index contributed by atoms with van der Waals surface area (Å²) in [5, 5.41) is 10.9. The number of hydrogen-bond acceptors (Lipinski definition) is 5. The number of aliphatic hydroxyl groups excluding tert-OH is 1. The number of amides is 1. The average molecular weight is 449 g/mol. The van der Waals surface area contributed by atoms with Crippen LogP contribution in [0.2, 0.25) is 0 Å². The van der Waals surface area contributed by atoms with Crippen LogP contribution in [0, 0.1) is 5.82 Å². The van der Waals surface area contributed by atoms with E-state index < -0.39 is 11.9 Å². The predicted octanol–water partition coefficient (Wildman–Crippen LogP) is 4.90. The summed E-state index contributed by atoms with van der Waals surface area (Å²) in [7, 11) is 4.67. The molecule has 1 aliphatic rings. The molecule has 1 N–H and O–H groups in total. The SMILES string of the molecule is COc1ccc(C2=C(O)C(=O)N(Cc3ccc(OC)cc3OC)[C@H]2c2ccc(F)cc2)cc1. The van der Waals surface area contributed by atoms with Crippen molar-refractivity contribution in [3.8, 4) is 17.2 Å². The quantitative estimate of drug-likeness (QED) is 0.556. The standard InChI is InChI=1S/C26H24FNO5/c1-31-20-11-6-16(7-12-20)23-24(17-4-9-19(27)10-5-17)28(26(30)25(23)29)15-18-8-13-21(32-2)14-22(18)33-3/h4-14,24,29H,15H2,1-3H3/t24-/m0/s1. The summed E-state index contributed by atoms with van der Waals surface area (Å²) in [6.07, 6.45) is 0. The molecule has 4 rings (SSSR count). The van der Waals surface area contributed by atoms with Gasteiger partial charge in [0.25, 0.3) is 5.91 Å². The third-order valence-electron chi connectivity index (χ3n) is 5.73. The van der Waals surface area contributed by atoms with Crippen LogP contribution in [-0.4, -0.2) is 37.2 Å². The van der Waals surface area contributed by atoms with Gasteiger partial charge in [-0.05, 0) is 47.5 Å². The summed E-state index contributed by atoms with van der Waals surface area (Å²) in [6.45, 7) is 0.164. The highest BCUT2D eigenvalue weighted by atomic mass is 19.1.